The monoisotopic (exact) mass is 259 g/mol. The van der Waals surface area contributed by atoms with Crippen LogP contribution in [0.1, 0.15) is 17.8 Å². The predicted molar refractivity (Wildman–Crippen MR) is 72.0 cm³/mol. The third-order valence-electron chi connectivity index (χ3n) is 2.71. The first-order valence-electron chi connectivity index (χ1n) is 6.09. The smallest absolute Gasteiger partial charge is 0.220 e. The Balaban J connectivity index is 1.74. The van der Waals surface area contributed by atoms with E-state index < -0.39 is 0 Å². The molecular weight excluding hydrogens is 242 g/mol. The summed E-state index contributed by atoms with van der Waals surface area (Å²) in [5.41, 5.74) is 7.43. The largest absolute Gasteiger partial charge is 0.399 e. The molecule has 3 N–H and O–H groups in total. The molecule has 0 radical (unpaired) electrons. The van der Waals surface area contributed by atoms with Crippen molar-refractivity contribution in [3.05, 3.63) is 42.0 Å². The van der Waals surface area contributed by atoms with Gasteiger partial charge in [-0.2, -0.15) is 5.10 Å². The average Bonchev–Trinajstić information content (AvgIpc) is 2.81. The van der Waals surface area contributed by atoms with Crippen molar-refractivity contribution >= 4 is 11.6 Å². The lowest BCUT2D eigenvalue weighted by Gasteiger charge is -2.03. The summed E-state index contributed by atoms with van der Waals surface area (Å²) in [6, 6.07) is 7.54. The zero-order valence-electron chi connectivity index (χ0n) is 10.8. The van der Waals surface area contributed by atoms with Gasteiger partial charge in [0.25, 0.3) is 0 Å². The fourth-order valence-electron chi connectivity index (χ4n) is 1.67. The Morgan fingerprint density at radius 3 is 2.74 bits per heavy atom. The quantitative estimate of drug-likeness (QED) is 0.772. The minimum atomic E-state index is -0.00993. The molecule has 100 valence electrons. The summed E-state index contributed by atoms with van der Waals surface area (Å²) < 4.78 is 1.61. The van der Waals surface area contributed by atoms with Crippen molar-refractivity contribution in [3.63, 3.8) is 0 Å². The molecule has 1 aromatic carbocycles. The number of nitrogens with two attached hydrogens (primary N) is 1. The van der Waals surface area contributed by atoms with Crippen molar-refractivity contribution in [1.82, 2.24) is 20.1 Å². The first kappa shape index (κ1) is 13.1. The van der Waals surface area contributed by atoms with Crippen LogP contribution in [0.4, 0.5) is 5.69 Å². The first-order chi connectivity index (χ1) is 9.13. The van der Waals surface area contributed by atoms with E-state index in [2.05, 4.69) is 15.4 Å². The lowest BCUT2D eigenvalue weighted by molar-refractivity contribution is -0.121. The maximum Gasteiger partial charge on any atom is 0.220 e. The van der Waals surface area contributed by atoms with Gasteiger partial charge in [0, 0.05) is 19.2 Å². The molecule has 0 aliphatic carbocycles. The zero-order valence-corrected chi connectivity index (χ0v) is 10.8. The molecule has 0 saturated carbocycles. The molecule has 1 amide bonds. The van der Waals surface area contributed by atoms with Crippen LogP contribution in [-0.4, -0.2) is 20.7 Å². The SMILES string of the molecule is Cn1cnc(CNC(=O)CCc2ccc(N)cc2)n1. The predicted octanol–water partition coefficient (Wildman–Crippen LogP) is 0.646. The number of anilines is 1. The Morgan fingerprint density at radius 1 is 1.37 bits per heavy atom. The fourth-order valence-corrected chi connectivity index (χ4v) is 1.67. The van der Waals surface area contributed by atoms with Gasteiger partial charge in [-0.25, -0.2) is 4.98 Å². The van der Waals surface area contributed by atoms with Gasteiger partial charge < -0.3 is 11.1 Å². The van der Waals surface area contributed by atoms with E-state index in [1.54, 1.807) is 18.1 Å². The summed E-state index contributed by atoms with van der Waals surface area (Å²) in [4.78, 5) is 15.7. The number of hydrogen-bond donors (Lipinski definition) is 2. The number of rotatable bonds is 5. The van der Waals surface area contributed by atoms with Crippen molar-refractivity contribution < 1.29 is 4.79 Å². The van der Waals surface area contributed by atoms with E-state index in [9.17, 15) is 4.79 Å². The van der Waals surface area contributed by atoms with Crippen LogP contribution in [0, 0.1) is 0 Å². The van der Waals surface area contributed by atoms with E-state index in [0.29, 0.717) is 25.2 Å². The van der Waals surface area contributed by atoms with Gasteiger partial charge in [-0.3, -0.25) is 9.48 Å². The maximum absolute atomic E-state index is 11.7. The summed E-state index contributed by atoms with van der Waals surface area (Å²) in [5, 5.41) is 6.88. The van der Waals surface area contributed by atoms with Crippen molar-refractivity contribution in [2.24, 2.45) is 7.05 Å². The number of nitrogens with one attached hydrogen (secondary N) is 1. The van der Waals surface area contributed by atoms with Crippen LogP contribution in [0.25, 0.3) is 0 Å². The molecule has 6 heteroatoms. The molecule has 0 bridgehead atoms. The van der Waals surface area contributed by atoms with Gasteiger partial charge >= 0.3 is 0 Å². The van der Waals surface area contributed by atoms with E-state index in [-0.39, 0.29) is 5.91 Å². The Bertz CT molecular complexity index is 546. The Hall–Kier alpha value is -2.37. The van der Waals surface area contributed by atoms with Gasteiger partial charge in [-0.1, -0.05) is 12.1 Å². The van der Waals surface area contributed by atoms with Gasteiger partial charge in [0.2, 0.25) is 5.91 Å². The molecule has 6 nitrogen and oxygen atoms in total. The molecule has 0 aliphatic rings. The van der Waals surface area contributed by atoms with Crippen LogP contribution in [-0.2, 0) is 24.8 Å². The molecule has 0 fully saturated rings. The van der Waals surface area contributed by atoms with Crippen LogP contribution in [0.5, 0.6) is 0 Å². The lowest BCUT2D eigenvalue weighted by atomic mass is 10.1. The second kappa shape index (κ2) is 5.99. The molecule has 2 rings (SSSR count). The molecule has 1 heterocycles. The summed E-state index contributed by atoms with van der Waals surface area (Å²) >= 11 is 0. The van der Waals surface area contributed by atoms with Gasteiger partial charge in [-0.15, -0.1) is 0 Å². The van der Waals surface area contributed by atoms with Gasteiger partial charge in [0.15, 0.2) is 5.82 Å². The highest BCUT2D eigenvalue weighted by molar-refractivity contribution is 5.76. The number of benzene rings is 1. The molecule has 19 heavy (non-hydrogen) atoms. The third kappa shape index (κ3) is 4.09. The summed E-state index contributed by atoms with van der Waals surface area (Å²) in [6.45, 7) is 0.363. The second-order valence-corrected chi connectivity index (χ2v) is 4.35. The van der Waals surface area contributed by atoms with Crippen molar-refractivity contribution in [1.29, 1.82) is 0 Å². The van der Waals surface area contributed by atoms with E-state index in [1.807, 2.05) is 24.3 Å². The van der Waals surface area contributed by atoms with Crippen molar-refractivity contribution in [2.45, 2.75) is 19.4 Å². The van der Waals surface area contributed by atoms with E-state index in [1.165, 1.54) is 0 Å². The topological polar surface area (TPSA) is 85.8 Å². The molecule has 0 aliphatic heterocycles. The number of nitrogen functional groups attached to an aromatic ring is 1. The number of amides is 1. The van der Waals surface area contributed by atoms with Crippen LogP contribution in [0.3, 0.4) is 0 Å². The van der Waals surface area contributed by atoms with Crippen LogP contribution in [0.15, 0.2) is 30.6 Å². The minimum Gasteiger partial charge on any atom is -0.399 e. The second-order valence-electron chi connectivity index (χ2n) is 4.35. The van der Waals surface area contributed by atoms with Gasteiger partial charge in [0.1, 0.15) is 6.33 Å². The highest BCUT2D eigenvalue weighted by Crippen LogP contribution is 2.07. The van der Waals surface area contributed by atoms with Gasteiger partial charge in [0.05, 0.1) is 6.54 Å². The molecule has 1 aromatic heterocycles. The molecule has 0 spiro atoms. The third-order valence-corrected chi connectivity index (χ3v) is 2.71. The van der Waals surface area contributed by atoms with Crippen molar-refractivity contribution in [3.8, 4) is 0 Å². The normalized spacial score (nSPS) is 10.4. The molecule has 0 saturated heterocycles. The fraction of sp³-hybridized carbons (Fsp3) is 0.308. The summed E-state index contributed by atoms with van der Waals surface area (Å²) in [6.07, 6.45) is 2.74. The van der Waals surface area contributed by atoms with Gasteiger partial charge in [-0.05, 0) is 24.1 Å². The number of carbonyl (C=O) groups excluding carboxylic acids is 1. The number of hydrogen-bond acceptors (Lipinski definition) is 4. The lowest BCUT2D eigenvalue weighted by Crippen LogP contribution is -2.23. The molecule has 0 atom stereocenters. The number of carbonyl (C=O) groups is 1. The average molecular weight is 259 g/mol. The Labute approximate surface area is 111 Å². The minimum absolute atomic E-state index is 0.00993. The van der Waals surface area contributed by atoms with Crippen LogP contribution < -0.4 is 11.1 Å². The summed E-state index contributed by atoms with van der Waals surface area (Å²) in [5.74, 6) is 0.604. The Kier molecular flexibility index (Phi) is 4.12. The van der Waals surface area contributed by atoms with E-state index in [4.69, 9.17) is 5.73 Å². The van der Waals surface area contributed by atoms with Crippen LogP contribution in [0.2, 0.25) is 0 Å². The number of nitrogens with zero attached hydrogens (tertiary/aromatic N) is 3. The Morgan fingerprint density at radius 2 is 2.11 bits per heavy atom. The molecule has 2 aromatic rings. The highest BCUT2D eigenvalue weighted by Gasteiger charge is 2.04. The summed E-state index contributed by atoms with van der Waals surface area (Å²) in [7, 11) is 1.79. The number of aryl methyl sites for hydroxylation is 2. The maximum atomic E-state index is 11.7. The highest BCUT2D eigenvalue weighted by atomic mass is 16.1. The van der Waals surface area contributed by atoms with E-state index in [0.717, 1.165) is 11.3 Å². The zero-order chi connectivity index (χ0) is 13.7. The van der Waals surface area contributed by atoms with Crippen molar-refractivity contribution in [2.75, 3.05) is 5.73 Å². The number of aromatic nitrogens is 3. The van der Waals surface area contributed by atoms with Crippen LogP contribution >= 0.6 is 0 Å². The molecular formula is C13H17N5O. The standard InChI is InChI=1S/C13H17N5O/c1-18-9-16-12(17-18)8-15-13(19)7-4-10-2-5-11(14)6-3-10/h2-3,5-6,9H,4,7-8,14H2,1H3,(H,15,19). The molecule has 0 unspecified atom stereocenters. The van der Waals surface area contributed by atoms with E-state index >= 15 is 0 Å². The first-order valence-corrected chi connectivity index (χ1v) is 6.09.